The van der Waals surface area contributed by atoms with E-state index < -0.39 is 0 Å². The third-order valence-electron chi connectivity index (χ3n) is 2.52. The molecule has 1 fully saturated rings. The van der Waals surface area contributed by atoms with Crippen LogP contribution in [0.5, 0.6) is 0 Å². The first-order valence-electron chi connectivity index (χ1n) is 4.59. The maximum atomic E-state index is 13.1. The molecule has 0 atom stereocenters. The average molecular weight is 255 g/mol. The van der Waals surface area contributed by atoms with Gasteiger partial charge in [0.15, 0.2) is 4.73 Å². The molecule has 0 bridgehead atoms. The van der Waals surface area contributed by atoms with Crippen LogP contribution < -0.4 is 0 Å². The third kappa shape index (κ3) is 1.17. The molecule has 14 heavy (non-hydrogen) atoms. The van der Waals surface area contributed by atoms with Crippen LogP contribution in [0.15, 0.2) is 22.9 Å². The molecular weight excluding hydrogens is 247 g/mol. The van der Waals surface area contributed by atoms with Crippen molar-refractivity contribution in [3.63, 3.8) is 0 Å². The van der Waals surface area contributed by atoms with E-state index in [2.05, 4.69) is 25.5 Å². The summed E-state index contributed by atoms with van der Waals surface area (Å²) in [6, 6.07) is 5.22. The SMILES string of the molecule is Fc1ccc2nc(Br)n(C3CC3)c2c1. The summed E-state index contributed by atoms with van der Waals surface area (Å²) in [6.07, 6.45) is 2.33. The van der Waals surface area contributed by atoms with Crippen molar-refractivity contribution in [1.29, 1.82) is 0 Å². The van der Waals surface area contributed by atoms with Gasteiger partial charge in [0.2, 0.25) is 0 Å². The molecule has 1 aromatic heterocycles. The minimum atomic E-state index is -0.202. The Labute approximate surface area is 88.9 Å². The zero-order valence-corrected chi connectivity index (χ0v) is 8.96. The van der Waals surface area contributed by atoms with Gasteiger partial charge in [0.25, 0.3) is 0 Å². The van der Waals surface area contributed by atoms with Crippen LogP contribution in [0.1, 0.15) is 18.9 Å². The van der Waals surface area contributed by atoms with Crippen molar-refractivity contribution in [1.82, 2.24) is 9.55 Å². The Morgan fingerprint density at radius 2 is 2.21 bits per heavy atom. The lowest BCUT2D eigenvalue weighted by Crippen LogP contribution is -1.93. The molecule has 0 unspecified atom stereocenters. The fourth-order valence-corrected chi connectivity index (χ4v) is 2.39. The molecule has 1 aliphatic carbocycles. The van der Waals surface area contributed by atoms with Crippen LogP contribution in [0.25, 0.3) is 11.0 Å². The van der Waals surface area contributed by atoms with Gasteiger partial charge in [-0.05, 0) is 47.0 Å². The van der Waals surface area contributed by atoms with Gasteiger partial charge in [0.05, 0.1) is 11.0 Å². The Bertz CT molecular complexity index is 502. The van der Waals surface area contributed by atoms with Gasteiger partial charge >= 0.3 is 0 Å². The lowest BCUT2D eigenvalue weighted by atomic mass is 10.3. The molecule has 1 aliphatic rings. The number of hydrogen-bond acceptors (Lipinski definition) is 1. The van der Waals surface area contributed by atoms with Gasteiger partial charge in [0, 0.05) is 6.04 Å². The van der Waals surface area contributed by atoms with Crippen molar-refractivity contribution < 1.29 is 4.39 Å². The first-order chi connectivity index (χ1) is 6.75. The molecule has 0 N–H and O–H groups in total. The number of nitrogens with zero attached hydrogens (tertiary/aromatic N) is 2. The molecule has 2 nitrogen and oxygen atoms in total. The maximum Gasteiger partial charge on any atom is 0.178 e. The highest BCUT2D eigenvalue weighted by atomic mass is 79.9. The zero-order chi connectivity index (χ0) is 9.71. The lowest BCUT2D eigenvalue weighted by molar-refractivity contribution is 0.627. The minimum Gasteiger partial charge on any atom is -0.315 e. The number of rotatable bonds is 1. The van der Waals surface area contributed by atoms with Crippen LogP contribution in [0.2, 0.25) is 0 Å². The number of hydrogen-bond donors (Lipinski definition) is 0. The van der Waals surface area contributed by atoms with Gasteiger partial charge < -0.3 is 4.57 Å². The summed E-state index contributed by atoms with van der Waals surface area (Å²) in [5, 5.41) is 0. The topological polar surface area (TPSA) is 17.8 Å². The number of imidazole rings is 1. The van der Waals surface area contributed by atoms with Gasteiger partial charge in [0.1, 0.15) is 5.82 Å². The maximum absolute atomic E-state index is 13.1. The van der Waals surface area contributed by atoms with E-state index in [9.17, 15) is 4.39 Å². The summed E-state index contributed by atoms with van der Waals surface area (Å²) in [7, 11) is 0. The van der Waals surface area contributed by atoms with Gasteiger partial charge in [-0.1, -0.05) is 0 Å². The Balaban J connectivity index is 2.34. The number of halogens is 2. The third-order valence-corrected chi connectivity index (χ3v) is 3.08. The van der Waals surface area contributed by atoms with E-state index >= 15 is 0 Å². The van der Waals surface area contributed by atoms with Crippen LogP contribution in [0.4, 0.5) is 4.39 Å². The molecule has 0 aliphatic heterocycles. The highest BCUT2D eigenvalue weighted by Crippen LogP contribution is 2.40. The fourth-order valence-electron chi connectivity index (χ4n) is 1.72. The Morgan fingerprint density at radius 1 is 1.43 bits per heavy atom. The van der Waals surface area contributed by atoms with Gasteiger partial charge in [-0.3, -0.25) is 0 Å². The average Bonchev–Trinajstić information content (AvgIpc) is 2.90. The van der Waals surface area contributed by atoms with Crippen molar-refractivity contribution in [3.8, 4) is 0 Å². The van der Waals surface area contributed by atoms with Gasteiger partial charge in [-0.25, -0.2) is 9.37 Å². The van der Waals surface area contributed by atoms with E-state index in [0.29, 0.717) is 6.04 Å². The van der Waals surface area contributed by atoms with Crippen molar-refractivity contribution >= 4 is 27.0 Å². The standard InChI is InChI=1S/C10H8BrFN2/c11-10-13-8-4-1-6(12)5-9(8)14(10)7-2-3-7/h1,4-5,7H,2-3H2. The summed E-state index contributed by atoms with van der Waals surface area (Å²) >= 11 is 3.40. The molecular formula is C10H8BrFN2. The van der Waals surface area contributed by atoms with Crippen LogP contribution >= 0.6 is 15.9 Å². The molecule has 4 heteroatoms. The highest BCUT2D eigenvalue weighted by molar-refractivity contribution is 9.10. The molecule has 1 heterocycles. The molecule has 3 rings (SSSR count). The second-order valence-corrected chi connectivity index (χ2v) is 4.32. The number of benzene rings is 1. The monoisotopic (exact) mass is 254 g/mol. The zero-order valence-electron chi connectivity index (χ0n) is 7.37. The second kappa shape index (κ2) is 2.79. The van der Waals surface area contributed by atoms with Crippen LogP contribution in [-0.4, -0.2) is 9.55 Å². The summed E-state index contributed by atoms with van der Waals surface area (Å²) in [5.74, 6) is -0.202. The summed E-state index contributed by atoms with van der Waals surface area (Å²) in [6.45, 7) is 0. The molecule has 72 valence electrons. The van der Waals surface area contributed by atoms with Crippen molar-refractivity contribution in [3.05, 3.63) is 28.7 Å². The van der Waals surface area contributed by atoms with Crippen LogP contribution in [0, 0.1) is 5.82 Å². The molecule has 0 spiro atoms. The van der Waals surface area contributed by atoms with E-state index in [-0.39, 0.29) is 5.82 Å². The van der Waals surface area contributed by atoms with Crippen LogP contribution in [-0.2, 0) is 0 Å². The Hall–Kier alpha value is -0.900. The van der Waals surface area contributed by atoms with Crippen molar-refractivity contribution in [2.24, 2.45) is 0 Å². The first-order valence-corrected chi connectivity index (χ1v) is 5.38. The van der Waals surface area contributed by atoms with Crippen molar-refractivity contribution in [2.75, 3.05) is 0 Å². The number of fused-ring (bicyclic) bond motifs is 1. The lowest BCUT2D eigenvalue weighted by Gasteiger charge is -2.01. The second-order valence-electron chi connectivity index (χ2n) is 3.62. The van der Waals surface area contributed by atoms with E-state index in [0.717, 1.165) is 15.8 Å². The first kappa shape index (κ1) is 8.41. The minimum absolute atomic E-state index is 0.202. The molecule has 0 amide bonds. The fraction of sp³-hybridized carbons (Fsp3) is 0.300. The summed E-state index contributed by atoms with van der Waals surface area (Å²) in [4.78, 5) is 4.33. The smallest absolute Gasteiger partial charge is 0.178 e. The Kier molecular flexibility index (Phi) is 1.68. The normalized spacial score (nSPS) is 16.4. The summed E-state index contributed by atoms with van der Waals surface area (Å²) in [5.41, 5.74) is 1.74. The summed E-state index contributed by atoms with van der Waals surface area (Å²) < 4.78 is 15.9. The number of aromatic nitrogens is 2. The van der Waals surface area contributed by atoms with Gasteiger partial charge in [-0.15, -0.1) is 0 Å². The van der Waals surface area contributed by atoms with Gasteiger partial charge in [-0.2, -0.15) is 0 Å². The Morgan fingerprint density at radius 3 is 2.93 bits per heavy atom. The van der Waals surface area contributed by atoms with Crippen LogP contribution in [0.3, 0.4) is 0 Å². The predicted molar refractivity (Wildman–Crippen MR) is 55.7 cm³/mol. The molecule has 1 aromatic carbocycles. The van der Waals surface area contributed by atoms with E-state index in [1.54, 1.807) is 12.1 Å². The molecule has 2 aromatic rings. The van der Waals surface area contributed by atoms with E-state index in [4.69, 9.17) is 0 Å². The van der Waals surface area contributed by atoms with Crippen molar-refractivity contribution in [2.45, 2.75) is 18.9 Å². The molecule has 0 saturated heterocycles. The van der Waals surface area contributed by atoms with E-state index in [1.165, 1.54) is 18.9 Å². The largest absolute Gasteiger partial charge is 0.315 e. The predicted octanol–water partition coefficient (Wildman–Crippen LogP) is 3.27. The highest BCUT2D eigenvalue weighted by Gasteiger charge is 2.27. The quantitative estimate of drug-likeness (QED) is 0.764. The molecule has 1 saturated carbocycles. The van der Waals surface area contributed by atoms with E-state index in [1.807, 2.05) is 0 Å². The molecule has 0 radical (unpaired) electrons.